The van der Waals surface area contributed by atoms with Crippen molar-refractivity contribution in [1.82, 2.24) is 10.3 Å². The lowest BCUT2D eigenvalue weighted by Gasteiger charge is -2.23. The molecule has 1 atom stereocenters. The number of nitro groups is 1. The summed E-state index contributed by atoms with van der Waals surface area (Å²) in [7, 11) is 0. The van der Waals surface area contributed by atoms with Crippen molar-refractivity contribution in [3.05, 3.63) is 10.1 Å². The quantitative estimate of drug-likeness (QED) is 0.250. The third-order valence-electron chi connectivity index (χ3n) is 1.34. The summed E-state index contributed by atoms with van der Waals surface area (Å²) in [6, 6.07) is 0. The summed E-state index contributed by atoms with van der Waals surface area (Å²) in [6.07, 6.45) is 0. The van der Waals surface area contributed by atoms with Gasteiger partial charge in [-0.1, -0.05) is 0 Å². The van der Waals surface area contributed by atoms with Gasteiger partial charge in [-0.25, -0.2) is 10.1 Å². The van der Waals surface area contributed by atoms with Crippen LogP contribution < -0.4 is 5.32 Å². The Morgan fingerprint density at radius 1 is 1.80 bits per heavy atom. The Labute approximate surface area is 63.1 Å². The normalized spacial score (nSPS) is 26.5. The first-order valence-corrected chi connectivity index (χ1v) is 3.40. The van der Waals surface area contributed by atoms with E-state index in [-0.39, 0.29) is 12.0 Å². The molecule has 1 aliphatic heterocycles. The summed E-state index contributed by atoms with van der Waals surface area (Å²) in [5.74, 6) is 0. The van der Waals surface area contributed by atoms with Crippen LogP contribution in [-0.2, 0) is 0 Å². The van der Waals surface area contributed by atoms with E-state index in [1.165, 1.54) is 0 Å². The van der Waals surface area contributed by atoms with Gasteiger partial charge in [0.05, 0.1) is 6.54 Å². The molecule has 5 nitrogen and oxygen atoms in total. The van der Waals surface area contributed by atoms with E-state index in [2.05, 4.69) is 5.32 Å². The Kier molecular flexibility index (Phi) is 2.29. The maximum atomic E-state index is 10.1. The van der Waals surface area contributed by atoms with Gasteiger partial charge in [0.15, 0.2) is 5.03 Å². The number of nitrogens with one attached hydrogen (secondary N) is 1. The maximum absolute atomic E-state index is 10.1. The number of halogens is 1. The molecular weight excluding hydrogens is 158 g/mol. The fourth-order valence-corrected chi connectivity index (χ4v) is 1.11. The number of hydrazine groups is 1. The average Bonchev–Trinajstić information content (AvgIpc) is 1.88. The standard InChI is InChI=1S/C4H8ClN3O2/c5-4-3-7(8(9)10)2-1-6-4/h4,6H,1-3H2. The molecule has 0 aromatic rings. The second-order valence-electron chi connectivity index (χ2n) is 2.07. The molecule has 0 aliphatic carbocycles. The molecule has 0 spiro atoms. The number of nitrogens with zero attached hydrogens (tertiary/aromatic N) is 2. The first kappa shape index (κ1) is 7.56. The van der Waals surface area contributed by atoms with E-state index in [1.54, 1.807) is 0 Å². The van der Waals surface area contributed by atoms with Crippen molar-refractivity contribution in [2.75, 3.05) is 19.6 Å². The Hall–Kier alpha value is -0.550. The summed E-state index contributed by atoms with van der Waals surface area (Å²) in [5, 5.41) is 13.7. The summed E-state index contributed by atoms with van der Waals surface area (Å²) >= 11 is 5.60. The van der Waals surface area contributed by atoms with E-state index in [4.69, 9.17) is 11.6 Å². The predicted octanol–water partition coefficient (Wildman–Crippen LogP) is -0.352. The van der Waals surface area contributed by atoms with Crippen molar-refractivity contribution in [2.45, 2.75) is 5.50 Å². The molecule has 1 unspecified atom stereocenters. The lowest BCUT2D eigenvalue weighted by Crippen LogP contribution is -2.50. The van der Waals surface area contributed by atoms with Crippen LogP contribution in [0, 0.1) is 10.1 Å². The van der Waals surface area contributed by atoms with Gasteiger partial charge in [0, 0.05) is 6.54 Å². The van der Waals surface area contributed by atoms with Crippen LogP contribution in [0.3, 0.4) is 0 Å². The van der Waals surface area contributed by atoms with Crippen LogP contribution in [0.25, 0.3) is 0 Å². The smallest absolute Gasteiger partial charge is 0.160 e. The molecule has 1 rings (SSSR count). The molecule has 0 saturated carbocycles. The highest BCUT2D eigenvalue weighted by Crippen LogP contribution is 2.01. The summed E-state index contributed by atoms with van der Waals surface area (Å²) in [5.41, 5.74) is -0.292. The van der Waals surface area contributed by atoms with Gasteiger partial charge in [-0.2, -0.15) is 0 Å². The van der Waals surface area contributed by atoms with Crippen LogP contribution in [0.5, 0.6) is 0 Å². The third-order valence-corrected chi connectivity index (χ3v) is 1.63. The van der Waals surface area contributed by atoms with Gasteiger partial charge in [0.25, 0.3) is 0 Å². The van der Waals surface area contributed by atoms with Crippen LogP contribution in [0.2, 0.25) is 0 Å². The zero-order chi connectivity index (χ0) is 7.56. The van der Waals surface area contributed by atoms with E-state index in [0.29, 0.717) is 13.1 Å². The number of rotatable bonds is 1. The molecule has 0 aromatic heterocycles. The molecule has 1 fully saturated rings. The van der Waals surface area contributed by atoms with Gasteiger partial charge < -0.3 is 0 Å². The van der Waals surface area contributed by atoms with Crippen molar-refractivity contribution >= 4 is 11.6 Å². The Morgan fingerprint density at radius 3 is 2.90 bits per heavy atom. The minimum absolute atomic E-state index is 0.272. The number of piperazine rings is 1. The lowest BCUT2D eigenvalue weighted by molar-refractivity contribution is -0.656. The SMILES string of the molecule is O=[N+]([O-])N1CCNC(Cl)C1. The van der Waals surface area contributed by atoms with Gasteiger partial charge in [-0.15, -0.1) is 16.6 Å². The number of alkyl halides is 1. The Morgan fingerprint density at radius 2 is 2.50 bits per heavy atom. The van der Waals surface area contributed by atoms with Gasteiger partial charge in [0.1, 0.15) is 12.0 Å². The van der Waals surface area contributed by atoms with E-state index in [1.807, 2.05) is 0 Å². The molecule has 1 N–H and O–H groups in total. The van der Waals surface area contributed by atoms with Gasteiger partial charge in [-0.05, 0) is 0 Å². The van der Waals surface area contributed by atoms with E-state index < -0.39 is 5.03 Å². The van der Waals surface area contributed by atoms with Crippen LogP contribution in [0.4, 0.5) is 0 Å². The topological polar surface area (TPSA) is 58.4 Å². The monoisotopic (exact) mass is 165 g/mol. The first-order chi connectivity index (χ1) is 4.70. The zero-order valence-corrected chi connectivity index (χ0v) is 6.04. The minimum Gasteiger partial charge on any atom is -0.298 e. The number of hydrogen-bond acceptors (Lipinski definition) is 3. The summed E-state index contributed by atoms with van der Waals surface area (Å²) in [6.45, 7) is 1.28. The van der Waals surface area contributed by atoms with Crippen LogP contribution in [-0.4, -0.2) is 35.2 Å². The molecule has 6 heteroatoms. The van der Waals surface area contributed by atoms with Crippen molar-refractivity contribution in [3.63, 3.8) is 0 Å². The molecule has 1 aliphatic rings. The molecule has 58 valence electrons. The van der Waals surface area contributed by atoms with Gasteiger partial charge in [-0.3, -0.25) is 5.32 Å². The van der Waals surface area contributed by atoms with Crippen LogP contribution >= 0.6 is 11.6 Å². The molecule has 0 radical (unpaired) electrons. The van der Waals surface area contributed by atoms with Gasteiger partial charge in [0.2, 0.25) is 0 Å². The second-order valence-corrected chi connectivity index (χ2v) is 2.60. The predicted molar refractivity (Wildman–Crippen MR) is 36.2 cm³/mol. The molecule has 0 amide bonds. The molecule has 10 heavy (non-hydrogen) atoms. The zero-order valence-electron chi connectivity index (χ0n) is 5.29. The first-order valence-electron chi connectivity index (χ1n) is 2.97. The van der Waals surface area contributed by atoms with Crippen molar-refractivity contribution in [1.29, 1.82) is 0 Å². The summed E-state index contributed by atoms with van der Waals surface area (Å²) in [4.78, 5) is 10.1. The highest BCUT2D eigenvalue weighted by Gasteiger charge is 2.22. The van der Waals surface area contributed by atoms with E-state index in [9.17, 15) is 10.1 Å². The van der Waals surface area contributed by atoms with E-state index >= 15 is 0 Å². The van der Waals surface area contributed by atoms with Gasteiger partial charge >= 0.3 is 0 Å². The number of hydrogen-bond donors (Lipinski definition) is 1. The molecule has 1 saturated heterocycles. The van der Waals surface area contributed by atoms with Crippen molar-refractivity contribution in [3.8, 4) is 0 Å². The Balaban J connectivity index is 2.39. The second kappa shape index (κ2) is 3.03. The Bertz CT molecular complexity index is 142. The van der Waals surface area contributed by atoms with Crippen LogP contribution in [0.15, 0.2) is 0 Å². The fourth-order valence-electron chi connectivity index (χ4n) is 0.839. The maximum Gasteiger partial charge on any atom is 0.160 e. The lowest BCUT2D eigenvalue weighted by atomic mass is 10.4. The largest absolute Gasteiger partial charge is 0.298 e. The van der Waals surface area contributed by atoms with Crippen molar-refractivity contribution in [2.24, 2.45) is 0 Å². The third kappa shape index (κ3) is 1.71. The van der Waals surface area contributed by atoms with Crippen LogP contribution in [0.1, 0.15) is 0 Å². The molecular formula is C4H8ClN3O2. The minimum atomic E-state index is -0.420. The highest BCUT2D eigenvalue weighted by atomic mass is 35.5. The molecule has 0 bridgehead atoms. The summed E-state index contributed by atoms with van der Waals surface area (Å²) < 4.78 is 0. The molecule has 1 heterocycles. The van der Waals surface area contributed by atoms with E-state index in [0.717, 1.165) is 5.01 Å². The highest BCUT2D eigenvalue weighted by molar-refractivity contribution is 6.20. The molecule has 0 aromatic carbocycles. The fraction of sp³-hybridized carbons (Fsp3) is 1.00. The van der Waals surface area contributed by atoms with Crippen molar-refractivity contribution < 1.29 is 5.03 Å². The average molecular weight is 166 g/mol.